The van der Waals surface area contributed by atoms with Gasteiger partial charge in [-0.3, -0.25) is 4.79 Å². The van der Waals surface area contributed by atoms with Gasteiger partial charge in [-0.1, -0.05) is 57.6 Å². The van der Waals surface area contributed by atoms with Crippen LogP contribution in [0.3, 0.4) is 0 Å². The maximum absolute atomic E-state index is 11.7. The minimum Gasteiger partial charge on any atom is -0.425 e. The molecule has 0 unspecified atom stereocenters. The average Bonchev–Trinajstić information content (AvgIpc) is 2.52. The van der Waals surface area contributed by atoms with E-state index in [0.717, 1.165) is 0 Å². The van der Waals surface area contributed by atoms with Crippen LogP contribution in [0.25, 0.3) is 0 Å². The van der Waals surface area contributed by atoms with Gasteiger partial charge in [0.25, 0.3) is 0 Å². The van der Waals surface area contributed by atoms with Gasteiger partial charge in [0.1, 0.15) is 12.4 Å². The first-order valence-electron chi connectivity index (χ1n) is 6.70. The summed E-state index contributed by atoms with van der Waals surface area (Å²) in [5.41, 5.74) is 0.619. The van der Waals surface area contributed by atoms with Gasteiger partial charge in [0.15, 0.2) is 0 Å². The molecule has 0 saturated carbocycles. The Labute approximate surface area is 158 Å². The SMILES string of the molecule is O=C(C/C=N\OCc1c(Cl)cccc1Cl)Oc1ccc(Cl)cc1Cl. The Hall–Kier alpha value is -1.46. The molecule has 2 aromatic carbocycles. The number of carbonyl (C=O) groups is 1. The molecule has 126 valence electrons. The molecule has 0 amide bonds. The monoisotopic (exact) mass is 405 g/mol. The number of nitrogens with zero attached hydrogens (tertiary/aromatic N) is 1. The average molecular weight is 407 g/mol. The van der Waals surface area contributed by atoms with Crippen LogP contribution in [0.1, 0.15) is 12.0 Å². The molecule has 0 heterocycles. The van der Waals surface area contributed by atoms with E-state index in [-0.39, 0.29) is 23.8 Å². The van der Waals surface area contributed by atoms with E-state index in [4.69, 9.17) is 56.0 Å². The molecule has 0 N–H and O–H groups in total. The second-order valence-corrected chi connectivity index (χ2v) is 6.17. The van der Waals surface area contributed by atoms with Gasteiger partial charge >= 0.3 is 5.97 Å². The number of hydrogen-bond donors (Lipinski definition) is 0. The molecule has 0 aliphatic rings. The molecule has 4 nitrogen and oxygen atoms in total. The van der Waals surface area contributed by atoms with Crippen LogP contribution in [0.15, 0.2) is 41.6 Å². The smallest absolute Gasteiger partial charge is 0.316 e. The quantitative estimate of drug-likeness (QED) is 0.263. The van der Waals surface area contributed by atoms with Crippen molar-refractivity contribution < 1.29 is 14.4 Å². The number of oxime groups is 1. The first-order valence-corrected chi connectivity index (χ1v) is 8.21. The van der Waals surface area contributed by atoms with Gasteiger partial charge in [-0.05, 0) is 30.3 Å². The van der Waals surface area contributed by atoms with E-state index >= 15 is 0 Å². The van der Waals surface area contributed by atoms with Crippen molar-refractivity contribution in [3.05, 3.63) is 62.1 Å². The predicted octanol–water partition coefficient (Wildman–Crippen LogP) is 5.80. The number of ether oxygens (including phenoxy) is 1. The first-order chi connectivity index (χ1) is 11.5. The van der Waals surface area contributed by atoms with Gasteiger partial charge in [-0.25, -0.2) is 0 Å². The largest absolute Gasteiger partial charge is 0.425 e. The number of halogens is 4. The fourth-order valence-electron chi connectivity index (χ4n) is 1.66. The van der Waals surface area contributed by atoms with Crippen molar-refractivity contribution in [2.24, 2.45) is 5.16 Å². The van der Waals surface area contributed by atoms with Crippen molar-refractivity contribution in [1.29, 1.82) is 0 Å². The predicted molar refractivity (Wildman–Crippen MR) is 96.5 cm³/mol. The van der Waals surface area contributed by atoms with E-state index in [1.807, 2.05) is 0 Å². The summed E-state index contributed by atoms with van der Waals surface area (Å²) in [6, 6.07) is 9.69. The van der Waals surface area contributed by atoms with Gasteiger partial charge < -0.3 is 9.57 Å². The molecule has 0 aliphatic heterocycles. The highest BCUT2D eigenvalue weighted by Gasteiger charge is 2.08. The van der Waals surface area contributed by atoms with Gasteiger partial charge in [0.2, 0.25) is 0 Å². The molecule has 0 fully saturated rings. The fourth-order valence-corrected chi connectivity index (χ4v) is 2.61. The molecule has 0 spiro atoms. The summed E-state index contributed by atoms with van der Waals surface area (Å²) >= 11 is 23.7. The zero-order valence-corrected chi connectivity index (χ0v) is 15.2. The lowest BCUT2D eigenvalue weighted by molar-refractivity contribution is -0.132. The summed E-state index contributed by atoms with van der Waals surface area (Å²) in [5.74, 6) is -0.314. The van der Waals surface area contributed by atoms with Crippen LogP contribution in [-0.4, -0.2) is 12.2 Å². The molecule has 0 radical (unpaired) electrons. The molecule has 24 heavy (non-hydrogen) atoms. The molecule has 8 heteroatoms. The van der Waals surface area contributed by atoms with E-state index < -0.39 is 5.97 Å². The molecule has 2 aromatic rings. The molecule has 0 atom stereocenters. The number of hydrogen-bond acceptors (Lipinski definition) is 4. The number of benzene rings is 2. The van der Waals surface area contributed by atoms with E-state index in [1.165, 1.54) is 18.3 Å². The molecule has 0 bridgehead atoms. The fraction of sp³-hybridized carbons (Fsp3) is 0.125. The summed E-state index contributed by atoms with van der Waals surface area (Å²) < 4.78 is 5.08. The summed E-state index contributed by atoms with van der Waals surface area (Å²) in [4.78, 5) is 16.8. The zero-order valence-electron chi connectivity index (χ0n) is 12.1. The van der Waals surface area contributed by atoms with Crippen molar-refractivity contribution in [3.63, 3.8) is 0 Å². The molecular formula is C16H11Cl4NO3. The Morgan fingerprint density at radius 1 is 1.04 bits per heavy atom. The van der Waals surface area contributed by atoms with Crippen LogP contribution in [0.5, 0.6) is 5.75 Å². The summed E-state index contributed by atoms with van der Waals surface area (Å²) in [7, 11) is 0. The second kappa shape index (κ2) is 9.14. The summed E-state index contributed by atoms with van der Waals surface area (Å²) in [6.07, 6.45) is 1.19. The van der Waals surface area contributed by atoms with Gasteiger partial charge in [-0.15, -0.1) is 0 Å². The number of rotatable bonds is 6. The Bertz CT molecular complexity index is 745. The van der Waals surface area contributed by atoms with Gasteiger partial charge in [0.05, 0.1) is 17.7 Å². The van der Waals surface area contributed by atoms with E-state index in [0.29, 0.717) is 20.6 Å². The normalized spacial score (nSPS) is 10.8. The lowest BCUT2D eigenvalue weighted by Gasteiger charge is -2.05. The van der Waals surface area contributed by atoms with Crippen molar-refractivity contribution in [2.45, 2.75) is 13.0 Å². The maximum Gasteiger partial charge on any atom is 0.316 e. The highest BCUT2D eigenvalue weighted by Crippen LogP contribution is 2.27. The Morgan fingerprint density at radius 2 is 1.75 bits per heavy atom. The van der Waals surface area contributed by atoms with Crippen molar-refractivity contribution >= 4 is 58.6 Å². The third kappa shape index (κ3) is 5.56. The van der Waals surface area contributed by atoms with Crippen LogP contribution < -0.4 is 4.74 Å². The van der Waals surface area contributed by atoms with Gasteiger partial charge in [-0.2, -0.15) is 0 Å². The van der Waals surface area contributed by atoms with E-state index in [1.54, 1.807) is 24.3 Å². The Morgan fingerprint density at radius 3 is 2.42 bits per heavy atom. The number of carbonyl (C=O) groups excluding carboxylic acids is 1. The minimum absolute atomic E-state index is 0.0881. The highest BCUT2D eigenvalue weighted by atomic mass is 35.5. The second-order valence-electron chi connectivity index (χ2n) is 4.51. The molecule has 0 aromatic heterocycles. The first kappa shape index (κ1) is 18.9. The van der Waals surface area contributed by atoms with Crippen molar-refractivity contribution in [3.8, 4) is 5.75 Å². The van der Waals surface area contributed by atoms with Crippen LogP contribution in [0, 0.1) is 0 Å². The molecule has 2 rings (SSSR count). The van der Waals surface area contributed by atoms with Crippen LogP contribution in [0.4, 0.5) is 0 Å². The topological polar surface area (TPSA) is 47.9 Å². The molecule has 0 aliphatic carbocycles. The van der Waals surface area contributed by atoms with Crippen LogP contribution in [0.2, 0.25) is 20.1 Å². The van der Waals surface area contributed by atoms with E-state index in [9.17, 15) is 4.79 Å². The van der Waals surface area contributed by atoms with Gasteiger partial charge in [0, 0.05) is 20.6 Å². The lowest BCUT2D eigenvalue weighted by Crippen LogP contribution is -2.08. The molecular weight excluding hydrogens is 396 g/mol. The zero-order chi connectivity index (χ0) is 17.5. The summed E-state index contributed by atoms with van der Waals surface area (Å²) in [5, 5.41) is 5.33. The Kier molecular flexibility index (Phi) is 7.18. The summed E-state index contributed by atoms with van der Waals surface area (Å²) in [6.45, 7) is 0.0903. The third-order valence-electron chi connectivity index (χ3n) is 2.80. The minimum atomic E-state index is -0.539. The highest BCUT2D eigenvalue weighted by molar-refractivity contribution is 6.36. The van der Waals surface area contributed by atoms with Crippen molar-refractivity contribution in [2.75, 3.05) is 0 Å². The number of esters is 1. The standard InChI is InChI=1S/C16H11Cl4NO3/c17-10-4-5-15(14(20)8-10)24-16(22)6-7-21-23-9-11-12(18)2-1-3-13(11)19/h1-5,7-8H,6,9H2/b21-7-. The van der Waals surface area contributed by atoms with Crippen molar-refractivity contribution in [1.82, 2.24) is 0 Å². The third-order valence-corrected chi connectivity index (χ3v) is 4.03. The molecule has 0 saturated heterocycles. The van der Waals surface area contributed by atoms with Crippen LogP contribution >= 0.6 is 46.4 Å². The Balaban J connectivity index is 1.80. The maximum atomic E-state index is 11.7. The van der Waals surface area contributed by atoms with Crippen LogP contribution in [-0.2, 0) is 16.2 Å². The van der Waals surface area contributed by atoms with E-state index in [2.05, 4.69) is 5.16 Å². The lowest BCUT2D eigenvalue weighted by atomic mass is 10.2.